The van der Waals surface area contributed by atoms with Crippen LogP contribution in [0.15, 0.2) is 5.16 Å². The zero-order chi connectivity index (χ0) is 18.1. The molecule has 7 heteroatoms. The smallest absolute Gasteiger partial charge is 0.431 e. The molecule has 1 heterocycles. The summed E-state index contributed by atoms with van der Waals surface area (Å²) in [6.07, 6.45) is 0.00320. The Labute approximate surface area is 142 Å². The molecule has 0 N–H and O–H groups in total. The van der Waals surface area contributed by atoms with E-state index in [2.05, 4.69) is 5.16 Å². The minimum Gasteiger partial charge on any atom is -0.431 e. The molecule has 7 nitrogen and oxygen atoms in total. The number of rotatable bonds is 4. The molecule has 0 aromatic carbocycles. The lowest BCUT2D eigenvalue weighted by atomic mass is 9.76. The van der Waals surface area contributed by atoms with Gasteiger partial charge in [-0.25, -0.2) is 9.59 Å². The zero-order valence-electron chi connectivity index (χ0n) is 15.3. The fourth-order valence-corrected chi connectivity index (χ4v) is 3.21. The van der Waals surface area contributed by atoms with Crippen LogP contribution in [-0.4, -0.2) is 35.8 Å². The van der Waals surface area contributed by atoms with Crippen LogP contribution in [0.25, 0.3) is 0 Å². The van der Waals surface area contributed by atoms with Crippen LogP contribution >= 0.6 is 0 Å². The average Bonchev–Trinajstić information content (AvgIpc) is 2.93. The van der Waals surface area contributed by atoms with Gasteiger partial charge in [0.25, 0.3) is 0 Å². The van der Waals surface area contributed by atoms with Crippen molar-refractivity contribution in [2.24, 2.45) is 16.5 Å². The van der Waals surface area contributed by atoms with Gasteiger partial charge in [0.2, 0.25) is 11.9 Å². The monoisotopic (exact) mass is 341 g/mol. The number of hydrogen-bond acceptors (Lipinski definition) is 7. The van der Waals surface area contributed by atoms with Gasteiger partial charge >= 0.3 is 12.1 Å². The van der Waals surface area contributed by atoms with E-state index >= 15 is 0 Å². The molecule has 1 fully saturated rings. The van der Waals surface area contributed by atoms with Gasteiger partial charge in [-0.2, -0.15) is 0 Å². The Morgan fingerprint density at radius 3 is 2.46 bits per heavy atom. The summed E-state index contributed by atoms with van der Waals surface area (Å²) in [5.74, 6) is -0.641. The fraction of sp³-hybridized carbons (Fsp3) is 0.824. The molecule has 1 aliphatic carbocycles. The van der Waals surface area contributed by atoms with Crippen molar-refractivity contribution in [2.45, 2.75) is 78.8 Å². The maximum Gasteiger partial charge on any atom is 0.511 e. The highest BCUT2D eigenvalue weighted by molar-refractivity contribution is 5.99. The van der Waals surface area contributed by atoms with Crippen LogP contribution in [0.2, 0.25) is 0 Å². The minimum atomic E-state index is -1.10. The second kappa shape index (κ2) is 6.61. The minimum absolute atomic E-state index is 0.0974. The number of carbonyl (C=O) groups excluding carboxylic acids is 2. The van der Waals surface area contributed by atoms with Crippen molar-refractivity contribution in [1.29, 1.82) is 0 Å². The third-order valence-electron chi connectivity index (χ3n) is 4.22. The van der Waals surface area contributed by atoms with Crippen molar-refractivity contribution in [2.75, 3.05) is 0 Å². The molecule has 2 rings (SSSR count). The number of ether oxygens (including phenoxy) is 3. The lowest BCUT2D eigenvalue weighted by Gasteiger charge is -2.28. The Balaban J connectivity index is 2.01. The van der Waals surface area contributed by atoms with Crippen LogP contribution in [0.1, 0.15) is 60.8 Å². The van der Waals surface area contributed by atoms with Gasteiger partial charge < -0.3 is 19.0 Å². The topological polar surface area (TPSA) is 83.4 Å². The van der Waals surface area contributed by atoms with E-state index in [1.807, 2.05) is 20.8 Å². The van der Waals surface area contributed by atoms with Gasteiger partial charge in [-0.05, 0) is 26.7 Å². The Bertz CT molecular complexity index is 536. The van der Waals surface area contributed by atoms with Crippen LogP contribution in [0, 0.1) is 11.3 Å². The Kier molecular flexibility index (Phi) is 5.11. The highest BCUT2D eigenvalue weighted by atomic mass is 16.8. The molecule has 2 aliphatic rings. The zero-order valence-corrected chi connectivity index (χ0v) is 15.3. The normalized spacial score (nSPS) is 27.1. The molecular formula is C17H27NO6. The molecule has 3 unspecified atom stereocenters. The highest BCUT2D eigenvalue weighted by Gasteiger charge is 2.60. The summed E-state index contributed by atoms with van der Waals surface area (Å²) in [5, 5.41) is 4.18. The molecule has 0 saturated heterocycles. The summed E-state index contributed by atoms with van der Waals surface area (Å²) in [7, 11) is 0. The SMILES string of the molecule is CC(C)OC(=O)OC(C)OC(=O)C12CCCC1C(C(C)(C)C)=NO2. The van der Waals surface area contributed by atoms with Crippen molar-refractivity contribution in [3.63, 3.8) is 0 Å². The molecule has 0 aromatic heterocycles. The number of esters is 1. The molecule has 0 aromatic rings. The summed E-state index contributed by atoms with van der Waals surface area (Å²) < 4.78 is 15.1. The highest BCUT2D eigenvalue weighted by Crippen LogP contribution is 2.48. The molecule has 0 bridgehead atoms. The molecular weight excluding hydrogens is 314 g/mol. The van der Waals surface area contributed by atoms with Gasteiger partial charge in [-0.3, -0.25) is 0 Å². The van der Waals surface area contributed by atoms with Crippen LogP contribution in [-0.2, 0) is 23.8 Å². The van der Waals surface area contributed by atoms with Crippen molar-refractivity contribution >= 4 is 17.8 Å². The lowest BCUT2D eigenvalue weighted by Crippen LogP contribution is -2.47. The van der Waals surface area contributed by atoms with Gasteiger partial charge in [-0.1, -0.05) is 25.9 Å². The van der Waals surface area contributed by atoms with Crippen molar-refractivity contribution in [3.05, 3.63) is 0 Å². The molecule has 1 aliphatic heterocycles. The summed E-state index contributed by atoms with van der Waals surface area (Å²) in [4.78, 5) is 29.7. The molecule has 136 valence electrons. The number of fused-ring (bicyclic) bond motifs is 1. The van der Waals surface area contributed by atoms with E-state index in [1.165, 1.54) is 6.92 Å². The largest absolute Gasteiger partial charge is 0.511 e. The van der Waals surface area contributed by atoms with E-state index < -0.39 is 24.0 Å². The fourth-order valence-electron chi connectivity index (χ4n) is 3.21. The van der Waals surface area contributed by atoms with E-state index in [0.717, 1.165) is 18.6 Å². The van der Waals surface area contributed by atoms with Crippen molar-refractivity contribution in [1.82, 2.24) is 0 Å². The first-order chi connectivity index (χ1) is 11.1. The average molecular weight is 341 g/mol. The maximum absolute atomic E-state index is 12.7. The Morgan fingerprint density at radius 2 is 1.88 bits per heavy atom. The van der Waals surface area contributed by atoms with Crippen LogP contribution in [0.3, 0.4) is 0 Å². The lowest BCUT2D eigenvalue weighted by molar-refractivity contribution is -0.194. The summed E-state index contributed by atoms with van der Waals surface area (Å²) in [6, 6.07) is 0. The molecule has 0 radical (unpaired) electrons. The first-order valence-corrected chi connectivity index (χ1v) is 8.41. The van der Waals surface area contributed by atoms with Gasteiger partial charge in [0.15, 0.2) is 0 Å². The third-order valence-corrected chi connectivity index (χ3v) is 4.22. The summed E-state index contributed by atoms with van der Waals surface area (Å²) >= 11 is 0. The summed E-state index contributed by atoms with van der Waals surface area (Å²) in [6.45, 7) is 11.0. The van der Waals surface area contributed by atoms with Gasteiger partial charge in [-0.15, -0.1) is 0 Å². The molecule has 0 spiro atoms. The number of carbonyl (C=O) groups is 2. The number of hydrogen-bond donors (Lipinski definition) is 0. The van der Waals surface area contributed by atoms with Crippen molar-refractivity contribution < 1.29 is 28.6 Å². The van der Waals surface area contributed by atoms with Crippen LogP contribution in [0.5, 0.6) is 0 Å². The van der Waals surface area contributed by atoms with E-state index in [0.29, 0.717) is 6.42 Å². The van der Waals surface area contributed by atoms with E-state index in [9.17, 15) is 9.59 Å². The first kappa shape index (κ1) is 18.5. The van der Waals surface area contributed by atoms with Gasteiger partial charge in [0.05, 0.1) is 17.7 Å². The van der Waals surface area contributed by atoms with Crippen LogP contribution in [0.4, 0.5) is 4.79 Å². The van der Waals surface area contributed by atoms with E-state index in [-0.39, 0.29) is 17.4 Å². The third kappa shape index (κ3) is 3.65. The predicted octanol–water partition coefficient (Wildman–Crippen LogP) is 3.41. The van der Waals surface area contributed by atoms with E-state index in [4.69, 9.17) is 19.0 Å². The first-order valence-electron chi connectivity index (χ1n) is 8.41. The quantitative estimate of drug-likeness (QED) is 0.575. The van der Waals surface area contributed by atoms with Crippen LogP contribution < -0.4 is 0 Å². The summed E-state index contributed by atoms with van der Waals surface area (Å²) in [5.41, 5.74) is -0.396. The van der Waals surface area contributed by atoms with Gasteiger partial charge in [0.1, 0.15) is 0 Å². The Morgan fingerprint density at radius 1 is 1.21 bits per heavy atom. The second-order valence-corrected chi connectivity index (χ2v) is 7.66. The molecule has 24 heavy (non-hydrogen) atoms. The standard InChI is InChI=1S/C17H27NO6/c1-10(2)21-15(20)23-11(3)22-14(19)17-9-7-8-12(17)13(18-24-17)16(4,5)6/h10-12H,7-9H2,1-6H3. The molecule has 1 saturated carbocycles. The number of nitrogens with zero attached hydrogens (tertiary/aromatic N) is 1. The Hall–Kier alpha value is -1.79. The van der Waals surface area contributed by atoms with Gasteiger partial charge in [0, 0.05) is 18.8 Å². The molecule has 3 atom stereocenters. The predicted molar refractivity (Wildman–Crippen MR) is 86.3 cm³/mol. The van der Waals surface area contributed by atoms with E-state index in [1.54, 1.807) is 13.8 Å². The number of oxime groups is 1. The maximum atomic E-state index is 12.7. The van der Waals surface area contributed by atoms with Crippen molar-refractivity contribution in [3.8, 4) is 0 Å². The molecule has 0 amide bonds. The second-order valence-electron chi connectivity index (χ2n) is 7.66.